The third-order valence-electron chi connectivity index (χ3n) is 2.96. The SMILES string of the molecule is Cc1cc(CNC(C)CCC(C)C)c(C)o1. The van der Waals surface area contributed by atoms with E-state index >= 15 is 0 Å². The van der Waals surface area contributed by atoms with Gasteiger partial charge in [0.2, 0.25) is 0 Å². The van der Waals surface area contributed by atoms with Crippen LogP contribution < -0.4 is 5.32 Å². The van der Waals surface area contributed by atoms with Crippen LogP contribution in [-0.4, -0.2) is 6.04 Å². The summed E-state index contributed by atoms with van der Waals surface area (Å²) in [5.74, 6) is 2.84. The van der Waals surface area contributed by atoms with E-state index in [1.54, 1.807) is 0 Å². The van der Waals surface area contributed by atoms with Crippen LogP contribution in [0.15, 0.2) is 10.5 Å². The van der Waals surface area contributed by atoms with Crippen molar-refractivity contribution in [2.75, 3.05) is 0 Å². The topological polar surface area (TPSA) is 25.2 Å². The molecule has 1 aromatic rings. The second-order valence-electron chi connectivity index (χ2n) is 5.19. The van der Waals surface area contributed by atoms with E-state index < -0.39 is 0 Å². The van der Waals surface area contributed by atoms with E-state index in [-0.39, 0.29) is 0 Å². The Labute approximate surface area is 99.4 Å². The highest BCUT2D eigenvalue weighted by atomic mass is 16.3. The smallest absolute Gasteiger partial charge is 0.105 e. The van der Waals surface area contributed by atoms with E-state index in [9.17, 15) is 0 Å². The van der Waals surface area contributed by atoms with Crippen LogP contribution in [0.4, 0.5) is 0 Å². The Kier molecular flexibility index (Phi) is 5.07. The van der Waals surface area contributed by atoms with Crippen LogP contribution in [0.3, 0.4) is 0 Å². The molecule has 1 N–H and O–H groups in total. The Morgan fingerprint density at radius 3 is 2.38 bits per heavy atom. The summed E-state index contributed by atoms with van der Waals surface area (Å²) in [4.78, 5) is 0. The van der Waals surface area contributed by atoms with Crippen LogP contribution in [0.2, 0.25) is 0 Å². The monoisotopic (exact) mass is 223 g/mol. The minimum absolute atomic E-state index is 0.581. The second kappa shape index (κ2) is 6.09. The summed E-state index contributed by atoms with van der Waals surface area (Å²) in [7, 11) is 0. The van der Waals surface area contributed by atoms with Gasteiger partial charge in [-0.05, 0) is 45.6 Å². The molecule has 0 saturated heterocycles. The Hall–Kier alpha value is -0.760. The minimum Gasteiger partial charge on any atom is -0.466 e. The molecule has 0 saturated carbocycles. The molecule has 2 nitrogen and oxygen atoms in total. The average Bonchev–Trinajstić information content (AvgIpc) is 2.51. The summed E-state index contributed by atoms with van der Waals surface area (Å²) in [5.41, 5.74) is 1.29. The van der Waals surface area contributed by atoms with Gasteiger partial charge in [-0.2, -0.15) is 0 Å². The molecule has 0 radical (unpaired) electrons. The molecule has 0 aliphatic heterocycles. The Balaban J connectivity index is 2.31. The summed E-state index contributed by atoms with van der Waals surface area (Å²) < 4.78 is 5.50. The van der Waals surface area contributed by atoms with Gasteiger partial charge in [0.25, 0.3) is 0 Å². The molecule has 0 aromatic carbocycles. The lowest BCUT2D eigenvalue weighted by Gasteiger charge is -2.14. The van der Waals surface area contributed by atoms with Gasteiger partial charge in [-0.3, -0.25) is 0 Å². The molecule has 92 valence electrons. The van der Waals surface area contributed by atoms with Crippen molar-refractivity contribution in [3.8, 4) is 0 Å². The highest BCUT2D eigenvalue weighted by molar-refractivity contribution is 5.19. The van der Waals surface area contributed by atoms with Crippen LogP contribution in [0.25, 0.3) is 0 Å². The lowest BCUT2D eigenvalue weighted by Crippen LogP contribution is -2.25. The maximum Gasteiger partial charge on any atom is 0.105 e. The highest BCUT2D eigenvalue weighted by Gasteiger charge is 2.07. The zero-order chi connectivity index (χ0) is 12.1. The van der Waals surface area contributed by atoms with Gasteiger partial charge in [0.05, 0.1) is 0 Å². The zero-order valence-electron chi connectivity index (χ0n) is 11.3. The molecule has 1 rings (SSSR count). The fraction of sp³-hybridized carbons (Fsp3) is 0.714. The summed E-state index contributed by atoms with van der Waals surface area (Å²) in [6.45, 7) is 11.8. The predicted octanol–water partition coefficient (Wildman–Crippen LogP) is 3.81. The first-order valence-corrected chi connectivity index (χ1v) is 6.28. The third kappa shape index (κ3) is 4.40. The van der Waals surface area contributed by atoms with E-state index in [0.29, 0.717) is 6.04 Å². The van der Waals surface area contributed by atoms with E-state index in [1.165, 1.54) is 18.4 Å². The molecule has 0 aliphatic carbocycles. The standard InChI is InChI=1S/C14H25NO/c1-10(2)6-7-11(3)15-9-14-8-12(4)16-13(14)5/h8,10-11,15H,6-7,9H2,1-5H3. The Morgan fingerprint density at radius 1 is 1.19 bits per heavy atom. The molecule has 16 heavy (non-hydrogen) atoms. The molecule has 0 amide bonds. The summed E-state index contributed by atoms with van der Waals surface area (Å²) in [6, 6.07) is 2.70. The van der Waals surface area contributed by atoms with Crippen LogP contribution in [-0.2, 0) is 6.54 Å². The van der Waals surface area contributed by atoms with Crippen LogP contribution in [0, 0.1) is 19.8 Å². The maximum absolute atomic E-state index is 5.50. The van der Waals surface area contributed by atoms with Gasteiger partial charge in [0.15, 0.2) is 0 Å². The van der Waals surface area contributed by atoms with E-state index in [1.807, 2.05) is 13.8 Å². The van der Waals surface area contributed by atoms with Crippen molar-refractivity contribution >= 4 is 0 Å². The first-order valence-electron chi connectivity index (χ1n) is 6.28. The number of hydrogen-bond donors (Lipinski definition) is 1. The quantitative estimate of drug-likeness (QED) is 0.793. The van der Waals surface area contributed by atoms with Crippen LogP contribution >= 0.6 is 0 Å². The van der Waals surface area contributed by atoms with Crippen LogP contribution in [0.5, 0.6) is 0 Å². The lowest BCUT2D eigenvalue weighted by atomic mass is 10.0. The fourth-order valence-corrected chi connectivity index (χ4v) is 1.83. The molecule has 1 atom stereocenters. The molecule has 2 heteroatoms. The van der Waals surface area contributed by atoms with E-state index in [2.05, 4.69) is 32.2 Å². The minimum atomic E-state index is 0.581. The predicted molar refractivity (Wildman–Crippen MR) is 68.6 cm³/mol. The van der Waals surface area contributed by atoms with Gasteiger partial charge in [-0.15, -0.1) is 0 Å². The van der Waals surface area contributed by atoms with E-state index in [0.717, 1.165) is 24.0 Å². The normalized spacial score (nSPS) is 13.4. The number of rotatable bonds is 6. The van der Waals surface area contributed by atoms with Crippen molar-refractivity contribution < 1.29 is 4.42 Å². The molecular weight excluding hydrogens is 198 g/mol. The van der Waals surface area contributed by atoms with Crippen molar-refractivity contribution in [1.29, 1.82) is 0 Å². The number of aryl methyl sites for hydroxylation is 2. The highest BCUT2D eigenvalue weighted by Crippen LogP contribution is 2.14. The molecule has 0 fully saturated rings. The zero-order valence-corrected chi connectivity index (χ0v) is 11.3. The van der Waals surface area contributed by atoms with Gasteiger partial charge >= 0.3 is 0 Å². The number of hydrogen-bond acceptors (Lipinski definition) is 2. The van der Waals surface area contributed by atoms with Crippen molar-refractivity contribution in [1.82, 2.24) is 5.32 Å². The average molecular weight is 223 g/mol. The molecule has 1 aromatic heterocycles. The number of furan rings is 1. The molecule has 0 bridgehead atoms. The number of nitrogens with one attached hydrogen (secondary N) is 1. The fourth-order valence-electron chi connectivity index (χ4n) is 1.83. The maximum atomic E-state index is 5.50. The molecule has 1 heterocycles. The molecule has 0 spiro atoms. The van der Waals surface area contributed by atoms with E-state index in [4.69, 9.17) is 4.42 Å². The van der Waals surface area contributed by atoms with Gasteiger partial charge in [-0.25, -0.2) is 0 Å². The van der Waals surface area contributed by atoms with Gasteiger partial charge < -0.3 is 9.73 Å². The van der Waals surface area contributed by atoms with Gasteiger partial charge in [0, 0.05) is 18.2 Å². The van der Waals surface area contributed by atoms with Crippen molar-refractivity contribution in [3.05, 3.63) is 23.2 Å². The van der Waals surface area contributed by atoms with Crippen LogP contribution in [0.1, 0.15) is 50.7 Å². The summed E-state index contributed by atoms with van der Waals surface area (Å²) >= 11 is 0. The Bertz CT molecular complexity index is 315. The Morgan fingerprint density at radius 2 is 1.88 bits per heavy atom. The summed E-state index contributed by atoms with van der Waals surface area (Å²) in [6.07, 6.45) is 2.53. The lowest BCUT2D eigenvalue weighted by molar-refractivity contribution is 0.446. The summed E-state index contributed by atoms with van der Waals surface area (Å²) in [5, 5.41) is 3.55. The van der Waals surface area contributed by atoms with Gasteiger partial charge in [-0.1, -0.05) is 13.8 Å². The van der Waals surface area contributed by atoms with Gasteiger partial charge in [0.1, 0.15) is 11.5 Å². The van der Waals surface area contributed by atoms with Crippen molar-refractivity contribution in [2.24, 2.45) is 5.92 Å². The second-order valence-corrected chi connectivity index (χ2v) is 5.19. The molecular formula is C14H25NO. The van der Waals surface area contributed by atoms with Crippen molar-refractivity contribution in [3.63, 3.8) is 0 Å². The molecule has 1 unspecified atom stereocenters. The molecule has 0 aliphatic rings. The first kappa shape index (κ1) is 13.3. The largest absolute Gasteiger partial charge is 0.466 e. The first-order chi connectivity index (χ1) is 7.49. The third-order valence-corrected chi connectivity index (χ3v) is 2.96. The van der Waals surface area contributed by atoms with Crippen molar-refractivity contribution in [2.45, 2.75) is 60.0 Å².